The summed E-state index contributed by atoms with van der Waals surface area (Å²) in [6.07, 6.45) is 0.692. The van der Waals surface area contributed by atoms with Crippen molar-refractivity contribution < 1.29 is 0 Å². The molecule has 17 heavy (non-hydrogen) atoms. The van der Waals surface area contributed by atoms with E-state index in [1.807, 2.05) is 13.8 Å². The first-order chi connectivity index (χ1) is 7.92. The van der Waals surface area contributed by atoms with Crippen LogP contribution in [-0.4, -0.2) is 0 Å². The number of nitrogens with zero attached hydrogens (tertiary/aromatic N) is 3. The van der Waals surface area contributed by atoms with Crippen molar-refractivity contribution in [2.24, 2.45) is 11.3 Å². The summed E-state index contributed by atoms with van der Waals surface area (Å²) in [6, 6.07) is 6.51. The standard InChI is InChI=1S/C14H15N3/c1-9(6-15)11(3)12-5-10(2)14(4,8-17)13(12)7-16/h10H,5H2,1-4H3/b11-9-/t10?,14-/m0/s1. The summed E-state index contributed by atoms with van der Waals surface area (Å²) in [5, 5.41) is 27.4. The Morgan fingerprint density at radius 2 is 1.88 bits per heavy atom. The van der Waals surface area contributed by atoms with Gasteiger partial charge in [0.2, 0.25) is 0 Å². The van der Waals surface area contributed by atoms with E-state index in [-0.39, 0.29) is 5.92 Å². The summed E-state index contributed by atoms with van der Waals surface area (Å²) in [5.74, 6) is 0.110. The zero-order valence-corrected chi connectivity index (χ0v) is 10.6. The second-order valence-electron chi connectivity index (χ2n) is 4.75. The lowest BCUT2D eigenvalue weighted by Gasteiger charge is -2.20. The van der Waals surface area contributed by atoms with Crippen LogP contribution in [0.3, 0.4) is 0 Å². The summed E-state index contributed by atoms with van der Waals surface area (Å²) in [6.45, 7) is 7.37. The fraction of sp³-hybridized carbons (Fsp3) is 0.500. The molecule has 2 atom stereocenters. The predicted molar refractivity (Wildman–Crippen MR) is 64.1 cm³/mol. The van der Waals surface area contributed by atoms with E-state index >= 15 is 0 Å². The van der Waals surface area contributed by atoms with Gasteiger partial charge in [-0.05, 0) is 44.3 Å². The molecule has 0 aromatic carbocycles. The Morgan fingerprint density at radius 3 is 2.29 bits per heavy atom. The molecule has 1 aliphatic rings. The maximum atomic E-state index is 9.28. The largest absolute Gasteiger partial charge is 0.197 e. The van der Waals surface area contributed by atoms with E-state index in [4.69, 9.17) is 5.26 Å². The molecule has 0 amide bonds. The molecule has 1 aliphatic carbocycles. The van der Waals surface area contributed by atoms with Crippen LogP contribution in [0, 0.1) is 45.3 Å². The van der Waals surface area contributed by atoms with Crippen molar-refractivity contribution in [1.29, 1.82) is 15.8 Å². The smallest absolute Gasteiger partial charge is 0.0967 e. The van der Waals surface area contributed by atoms with Gasteiger partial charge in [-0.1, -0.05) is 6.92 Å². The van der Waals surface area contributed by atoms with E-state index in [2.05, 4.69) is 18.2 Å². The molecule has 0 spiro atoms. The van der Waals surface area contributed by atoms with Crippen LogP contribution in [0.5, 0.6) is 0 Å². The SMILES string of the molecule is C/C(C#N)=C(\C)C1=C(C#N)[C@@](C)(C#N)C(C)C1. The Hall–Kier alpha value is -2.05. The van der Waals surface area contributed by atoms with E-state index in [1.165, 1.54) is 0 Å². The Kier molecular flexibility index (Phi) is 3.40. The molecule has 1 rings (SSSR count). The van der Waals surface area contributed by atoms with Gasteiger partial charge in [0.25, 0.3) is 0 Å². The molecular formula is C14H15N3. The Bertz CT molecular complexity index is 531. The van der Waals surface area contributed by atoms with Crippen LogP contribution >= 0.6 is 0 Å². The number of allylic oxidation sites excluding steroid dienone is 4. The van der Waals surface area contributed by atoms with Gasteiger partial charge in [0.15, 0.2) is 0 Å². The monoisotopic (exact) mass is 225 g/mol. The van der Waals surface area contributed by atoms with Crippen LogP contribution in [0.2, 0.25) is 0 Å². The molecular weight excluding hydrogens is 210 g/mol. The van der Waals surface area contributed by atoms with E-state index in [0.717, 1.165) is 11.1 Å². The summed E-state index contributed by atoms with van der Waals surface area (Å²) >= 11 is 0. The third kappa shape index (κ3) is 1.83. The van der Waals surface area contributed by atoms with Crippen molar-refractivity contribution in [3.05, 3.63) is 22.3 Å². The Balaban J connectivity index is 3.47. The van der Waals surface area contributed by atoms with Gasteiger partial charge in [-0.3, -0.25) is 0 Å². The summed E-state index contributed by atoms with van der Waals surface area (Å²) < 4.78 is 0. The normalized spacial score (nSPS) is 29.1. The first-order valence-corrected chi connectivity index (χ1v) is 5.55. The van der Waals surface area contributed by atoms with Crippen molar-refractivity contribution >= 4 is 0 Å². The van der Waals surface area contributed by atoms with Gasteiger partial charge in [-0.25, -0.2) is 0 Å². The minimum Gasteiger partial charge on any atom is -0.197 e. The molecule has 3 heteroatoms. The molecule has 0 aliphatic heterocycles. The lowest BCUT2D eigenvalue weighted by Crippen LogP contribution is -2.20. The highest BCUT2D eigenvalue weighted by atomic mass is 14.5. The molecule has 3 nitrogen and oxygen atoms in total. The zero-order valence-electron chi connectivity index (χ0n) is 10.6. The van der Waals surface area contributed by atoms with E-state index in [9.17, 15) is 10.5 Å². The number of hydrogen-bond donors (Lipinski definition) is 0. The van der Waals surface area contributed by atoms with Gasteiger partial charge in [0, 0.05) is 5.57 Å². The highest BCUT2D eigenvalue weighted by Gasteiger charge is 2.43. The summed E-state index contributed by atoms with van der Waals surface area (Å²) in [4.78, 5) is 0. The molecule has 0 heterocycles. The first kappa shape index (κ1) is 13.0. The van der Waals surface area contributed by atoms with Crippen LogP contribution < -0.4 is 0 Å². The minimum atomic E-state index is -0.721. The minimum absolute atomic E-state index is 0.110. The molecule has 86 valence electrons. The highest BCUT2D eigenvalue weighted by molar-refractivity contribution is 5.53. The average molecular weight is 225 g/mol. The second-order valence-corrected chi connectivity index (χ2v) is 4.75. The molecule has 0 N–H and O–H groups in total. The van der Waals surface area contributed by atoms with Gasteiger partial charge in [0.1, 0.15) is 0 Å². The molecule has 0 radical (unpaired) electrons. The van der Waals surface area contributed by atoms with E-state index in [0.29, 0.717) is 17.6 Å². The Labute approximate surface area is 102 Å². The van der Waals surface area contributed by atoms with Gasteiger partial charge in [-0.2, -0.15) is 15.8 Å². The van der Waals surface area contributed by atoms with Gasteiger partial charge < -0.3 is 0 Å². The lowest BCUT2D eigenvalue weighted by atomic mass is 9.78. The predicted octanol–water partition coefficient (Wildman–Crippen LogP) is 3.24. The molecule has 0 saturated heterocycles. The van der Waals surface area contributed by atoms with Crippen molar-refractivity contribution in [3.8, 4) is 18.2 Å². The molecule has 0 aromatic heterocycles. The van der Waals surface area contributed by atoms with Crippen LogP contribution in [0.1, 0.15) is 34.1 Å². The van der Waals surface area contributed by atoms with Crippen molar-refractivity contribution in [3.63, 3.8) is 0 Å². The zero-order chi connectivity index (χ0) is 13.2. The summed E-state index contributed by atoms with van der Waals surface area (Å²) in [7, 11) is 0. The number of nitriles is 3. The molecule has 0 aromatic rings. The van der Waals surface area contributed by atoms with E-state index < -0.39 is 5.41 Å². The topological polar surface area (TPSA) is 71.4 Å². The van der Waals surface area contributed by atoms with Crippen molar-refractivity contribution in [1.82, 2.24) is 0 Å². The average Bonchev–Trinajstić information content (AvgIpc) is 2.60. The van der Waals surface area contributed by atoms with E-state index in [1.54, 1.807) is 13.8 Å². The van der Waals surface area contributed by atoms with Gasteiger partial charge in [0.05, 0.1) is 29.2 Å². The Morgan fingerprint density at radius 1 is 1.29 bits per heavy atom. The fourth-order valence-electron chi connectivity index (χ4n) is 2.17. The van der Waals surface area contributed by atoms with Crippen LogP contribution in [0.4, 0.5) is 0 Å². The lowest BCUT2D eigenvalue weighted by molar-refractivity contribution is 0.383. The molecule has 0 bridgehead atoms. The highest BCUT2D eigenvalue weighted by Crippen LogP contribution is 2.48. The third-order valence-corrected chi connectivity index (χ3v) is 3.84. The summed E-state index contributed by atoms with van der Waals surface area (Å²) in [5.41, 5.74) is 2.14. The first-order valence-electron chi connectivity index (χ1n) is 5.55. The molecule has 0 saturated carbocycles. The van der Waals surface area contributed by atoms with Crippen LogP contribution in [0.15, 0.2) is 22.3 Å². The van der Waals surface area contributed by atoms with Crippen molar-refractivity contribution in [2.45, 2.75) is 34.1 Å². The van der Waals surface area contributed by atoms with Gasteiger partial charge in [-0.15, -0.1) is 0 Å². The second kappa shape index (κ2) is 4.44. The molecule has 1 unspecified atom stereocenters. The maximum Gasteiger partial charge on any atom is 0.0967 e. The van der Waals surface area contributed by atoms with Crippen LogP contribution in [-0.2, 0) is 0 Å². The van der Waals surface area contributed by atoms with Crippen LogP contribution in [0.25, 0.3) is 0 Å². The maximum absolute atomic E-state index is 9.28. The fourth-order valence-corrected chi connectivity index (χ4v) is 2.17. The number of rotatable bonds is 1. The quantitative estimate of drug-likeness (QED) is 0.643. The molecule has 0 fully saturated rings. The number of hydrogen-bond acceptors (Lipinski definition) is 3. The third-order valence-electron chi connectivity index (χ3n) is 3.84. The van der Waals surface area contributed by atoms with Crippen molar-refractivity contribution in [2.75, 3.05) is 0 Å². The van der Waals surface area contributed by atoms with Gasteiger partial charge >= 0.3 is 0 Å².